The molecule has 0 aliphatic carbocycles. The highest BCUT2D eigenvalue weighted by Gasteiger charge is 2.27. The van der Waals surface area contributed by atoms with Gasteiger partial charge < -0.3 is 10.2 Å². The Labute approximate surface area is 217 Å². The van der Waals surface area contributed by atoms with Crippen LogP contribution in [0.15, 0.2) is 107 Å². The summed E-state index contributed by atoms with van der Waals surface area (Å²) in [5.74, 6) is -0.0476. The number of aliphatic imine (C=N–C) groups is 2. The largest absolute Gasteiger partial charge is 0.508 e. The van der Waals surface area contributed by atoms with Crippen LogP contribution in [-0.2, 0) is 0 Å². The minimum Gasteiger partial charge on any atom is -0.508 e. The molecule has 4 aromatic carbocycles. The summed E-state index contributed by atoms with van der Waals surface area (Å²) in [6.45, 7) is 0. The lowest BCUT2D eigenvalue weighted by atomic mass is 9.92. The van der Waals surface area contributed by atoms with E-state index >= 15 is 0 Å². The molecular formula is C28H22N4O6. The van der Waals surface area contributed by atoms with Crippen molar-refractivity contribution in [2.24, 2.45) is 9.98 Å². The van der Waals surface area contributed by atoms with Crippen LogP contribution in [0.1, 0.15) is 34.3 Å². The highest BCUT2D eigenvalue weighted by molar-refractivity contribution is 5.81. The monoisotopic (exact) mass is 510 g/mol. The number of para-hydroxylation sites is 2. The van der Waals surface area contributed by atoms with Crippen molar-refractivity contribution in [3.63, 3.8) is 0 Å². The molecule has 0 radical (unpaired) electrons. The average Bonchev–Trinajstić information content (AvgIpc) is 2.92. The van der Waals surface area contributed by atoms with Gasteiger partial charge in [-0.2, -0.15) is 0 Å². The molecule has 0 fully saturated rings. The van der Waals surface area contributed by atoms with Crippen molar-refractivity contribution in [1.29, 1.82) is 0 Å². The lowest BCUT2D eigenvalue weighted by Gasteiger charge is -2.23. The van der Waals surface area contributed by atoms with Gasteiger partial charge in [0.05, 0.1) is 9.85 Å². The molecular weight excluding hydrogens is 488 g/mol. The molecule has 0 saturated carbocycles. The van der Waals surface area contributed by atoms with E-state index in [1.54, 1.807) is 60.7 Å². The first-order valence-electron chi connectivity index (χ1n) is 11.4. The van der Waals surface area contributed by atoms with E-state index in [0.29, 0.717) is 22.3 Å². The van der Waals surface area contributed by atoms with E-state index in [9.17, 15) is 30.4 Å². The molecule has 4 aromatic rings. The summed E-state index contributed by atoms with van der Waals surface area (Å²) in [5, 5.41) is 43.3. The second-order valence-corrected chi connectivity index (χ2v) is 8.26. The molecule has 0 aliphatic heterocycles. The first-order valence-corrected chi connectivity index (χ1v) is 11.4. The standard InChI is InChI=1S/C28H22N4O6/c33-25-7-3-1-5-23(25)27(29-17-19-9-13-21(14-10-19)31(35)36)28(24-6-2-4-8-26(24)34)30-18-20-11-15-22(16-12-20)32(37)38/h1-18,27-28,33-34H/t27-,28+. The number of hydrogen-bond acceptors (Lipinski definition) is 8. The fourth-order valence-electron chi connectivity index (χ4n) is 3.84. The van der Waals surface area contributed by atoms with E-state index in [4.69, 9.17) is 9.98 Å². The van der Waals surface area contributed by atoms with Gasteiger partial charge in [-0.15, -0.1) is 0 Å². The van der Waals surface area contributed by atoms with Crippen molar-refractivity contribution in [3.05, 3.63) is 140 Å². The Balaban J connectivity index is 1.80. The molecule has 2 atom stereocenters. The number of nitrogens with zero attached hydrogens (tertiary/aromatic N) is 4. The number of phenolic OH excluding ortho intramolecular Hbond substituents is 2. The van der Waals surface area contributed by atoms with Crippen molar-refractivity contribution in [2.75, 3.05) is 0 Å². The Morgan fingerprint density at radius 1 is 0.579 bits per heavy atom. The van der Waals surface area contributed by atoms with Gasteiger partial charge in [-0.25, -0.2) is 0 Å². The van der Waals surface area contributed by atoms with E-state index in [0.717, 1.165) is 0 Å². The minimum absolute atomic E-state index is 0.0238. The third kappa shape index (κ3) is 6.05. The van der Waals surface area contributed by atoms with Crippen molar-refractivity contribution < 1.29 is 20.1 Å². The molecule has 0 spiro atoms. The third-order valence-corrected chi connectivity index (χ3v) is 5.79. The van der Waals surface area contributed by atoms with Crippen LogP contribution in [0.4, 0.5) is 11.4 Å². The maximum absolute atomic E-state index is 11.0. The first-order chi connectivity index (χ1) is 18.3. The van der Waals surface area contributed by atoms with Crippen LogP contribution in [0, 0.1) is 20.2 Å². The van der Waals surface area contributed by atoms with Gasteiger partial charge in [0.25, 0.3) is 11.4 Å². The van der Waals surface area contributed by atoms with Gasteiger partial charge in [-0.3, -0.25) is 30.2 Å². The molecule has 0 heterocycles. The van der Waals surface area contributed by atoms with E-state index in [2.05, 4.69) is 0 Å². The van der Waals surface area contributed by atoms with E-state index in [1.807, 2.05) is 0 Å². The van der Waals surface area contributed by atoms with Gasteiger partial charge in [0.2, 0.25) is 0 Å². The smallest absolute Gasteiger partial charge is 0.269 e. The minimum atomic E-state index is -0.811. The maximum atomic E-state index is 11.0. The fourth-order valence-corrected chi connectivity index (χ4v) is 3.84. The number of rotatable bonds is 9. The number of hydrogen-bond donors (Lipinski definition) is 2. The zero-order valence-electron chi connectivity index (χ0n) is 19.9. The Morgan fingerprint density at radius 3 is 1.24 bits per heavy atom. The van der Waals surface area contributed by atoms with Crippen LogP contribution in [-0.4, -0.2) is 32.5 Å². The van der Waals surface area contributed by atoms with Crippen LogP contribution < -0.4 is 0 Å². The zero-order valence-corrected chi connectivity index (χ0v) is 19.9. The Kier molecular flexibility index (Phi) is 7.83. The highest BCUT2D eigenvalue weighted by atomic mass is 16.6. The number of aromatic hydroxyl groups is 2. The van der Waals surface area contributed by atoms with Crippen LogP contribution >= 0.6 is 0 Å². The Hall–Kier alpha value is -5.38. The van der Waals surface area contributed by atoms with Gasteiger partial charge in [0.1, 0.15) is 23.6 Å². The summed E-state index contributed by atoms with van der Waals surface area (Å²) in [6, 6.07) is 23.3. The van der Waals surface area contributed by atoms with Crippen LogP contribution in [0.5, 0.6) is 11.5 Å². The molecule has 0 amide bonds. The quantitative estimate of drug-likeness (QED) is 0.162. The van der Waals surface area contributed by atoms with E-state index in [-0.39, 0.29) is 22.9 Å². The summed E-state index contributed by atoms with van der Waals surface area (Å²) >= 11 is 0. The molecule has 10 heteroatoms. The fraction of sp³-hybridized carbons (Fsp3) is 0.0714. The molecule has 0 bridgehead atoms. The van der Waals surface area contributed by atoms with Crippen molar-refractivity contribution >= 4 is 23.8 Å². The predicted molar refractivity (Wildman–Crippen MR) is 143 cm³/mol. The normalized spacial score (nSPS) is 12.9. The van der Waals surface area contributed by atoms with Gasteiger partial charge in [0.15, 0.2) is 0 Å². The Morgan fingerprint density at radius 2 is 0.921 bits per heavy atom. The first kappa shape index (κ1) is 25.7. The topological polar surface area (TPSA) is 151 Å². The number of nitro groups is 2. The summed E-state index contributed by atoms with van der Waals surface area (Å²) in [5.41, 5.74) is 1.95. The molecule has 4 rings (SSSR count). The van der Waals surface area contributed by atoms with Gasteiger partial charge in [0, 0.05) is 47.8 Å². The lowest BCUT2D eigenvalue weighted by Crippen LogP contribution is -2.10. The summed E-state index contributed by atoms with van der Waals surface area (Å²) in [7, 11) is 0. The SMILES string of the molecule is O=[N+]([O-])c1ccc(C=N[C@H](c2ccccc2O)[C@@H](N=Cc2ccc([N+](=O)[O-])cc2)c2ccccc2O)cc1. The van der Waals surface area contributed by atoms with Crippen LogP contribution in [0.2, 0.25) is 0 Å². The summed E-state index contributed by atoms with van der Waals surface area (Å²) in [6.07, 6.45) is 3.05. The molecule has 0 unspecified atom stereocenters. The van der Waals surface area contributed by atoms with Crippen molar-refractivity contribution in [2.45, 2.75) is 12.1 Å². The van der Waals surface area contributed by atoms with Gasteiger partial charge >= 0.3 is 0 Å². The second kappa shape index (κ2) is 11.6. The van der Waals surface area contributed by atoms with Gasteiger partial charge in [-0.05, 0) is 47.5 Å². The summed E-state index contributed by atoms with van der Waals surface area (Å²) in [4.78, 5) is 30.4. The maximum Gasteiger partial charge on any atom is 0.269 e. The second-order valence-electron chi connectivity index (χ2n) is 8.26. The van der Waals surface area contributed by atoms with Crippen molar-refractivity contribution in [3.8, 4) is 11.5 Å². The summed E-state index contributed by atoms with van der Waals surface area (Å²) < 4.78 is 0. The Bertz CT molecular complexity index is 1390. The van der Waals surface area contributed by atoms with Crippen LogP contribution in [0.25, 0.3) is 0 Å². The molecule has 0 aliphatic rings. The van der Waals surface area contributed by atoms with Crippen molar-refractivity contribution in [1.82, 2.24) is 0 Å². The number of benzene rings is 4. The molecule has 0 aromatic heterocycles. The van der Waals surface area contributed by atoms with E-state index < -0.39 is 21.9 Å². The number of phenols is 2. The molecule has 0 saturated heterocycles. The van der Waals surface area contributed by atoms with Crippen LogP contribution in [0.3, 0.4) is 0 Å². The molecule has 10 nitrogen and oxygen atoms in total. The lowest BCUT2D eigenvalue weighted by molar-refractivity contribution is -0.385. The number of non-ortho nitro benzene ring substituents is 2. The average molecular weight is 511 g/mol. The number of nitro benzene ring substituents is 2. The van der Waals surface area contributed by atoms with E-state index in [1.165, 1.54) is 48.8 Å². The molecule has 190 valence electrons. The highest BCUT2D eigenvalue weighted by Crippen LogP contribution is 2.42. The molecule has 2 N–H and O–H groups in total. The third-order valence-electron chi connectivity index (χ3n) is 5.79. The van der Waals surface area contributed by atoms with Gasteiger partial charge in [-0.1, -0.05) is 36.4 Å². The zero-order chi connectivity index (χ0) is 27.1. The molecule has 38 heavy (non-hydrogen) atoms. The predicted octanol–water partition coefficient (Wildman–Crippen LogP) is 5.93.